The fraction of sp³-hybridized carbons (Fsp3) is 0.200. The maximum absolute atomic E-state index is 13.2. The van der Waals surface area contributed by atoms with Crippen molar-refractivity contribution in [2.45, 2.75) is 19.9 Å². The van der Waals surface area contributed by atoms with Crippen molar-refractivity contribution < 1.29 is 4.39 Å². The molecule has 1 N–H and O–H groups in total. The lowest BCUT2D eigenvalue weighted by Crippen LogP contribution is -2.08. The Balaban J connectivity index is 2.24. The minimum Gasteiger partial charge on any atom is -0.378 e. The van der Waals surface area contributed by atoms with Gasteiger partial charge >= 0.3 is 0 Å². The van der Waals surface area contributed by atoms with Crippen LogP contribution in [0.4, 0.5) is 10.1 Å². The molecule has 0 amide bonds. The monoisotopic (exact) mass is 307 g/mol. The van der Waals surface area contributed by atoms with E-state index in [1.807, 2.05) is 25.1 Å². The average Bonchev–Trinajstić information content (AvgIpc) is 2.34. The van der Waals surface area contributed by atoms with E-state index in [2.05, 4.69) is 34.2 Å². The van der Waals surface area contributed by atoms with Crippen LogP contribution in [-0.2, 0) is 0 Å². The minimum atomic E-state index is -0.220. The van der Waals surface area contributed by atoms with Gasteiger partial charge in [0.2, 0.25) is 0 Å². The predicted octanol–water partition coefficient (Wildman–Crippen LogP) is 5.07. The number of nitrogens with one attached hydrogen (secondary N) is 1. The Kier molecular flexibility index (Phi) is 4.02. The quantitative estimate of drug-likeness (QED) is 0.834. The van der Waals surface area contributed by atoms with Gasteiger partial charge in [0, 0.05) is 16.2 Å². The van der Waals surface area contributed by atoms with Gasteiger partial charge in [0.25, 0.3) is 0 Å². The third kappa shape index (κ3) is 2.91. The first-order valence-electron chi connectivity index (χ1n) is 5.85. The van der Waals surface area contributed by atoms with Crippen molar-refractivity contribution in [2.75, 3.05) is 5.32 Å². The molecule has 0 heterocycles. The molecule has 0 aliphatic rings. The normalized spacial score (nSPS) is 12.2. The van der Waals surface area contributed by atoms with Crippen molar-refractivity contribution in [1.29, 1.82) is 0 Å². The van der Waals surface area contributed by atoms with Crippen molar-refractivity contribution in [3.8, 4) is 0 Å². The molecule has 1 atom stereocenters. The summed E-state index contributed by atoms with van der Waals surface area (Å²) in [6.07, 6.45) is 0. The first-order chi connectivity index (χ1) is 8.58. The summed E-state index contributed by atoms with van der Waals surface area (Å²) in [5, 5.41) is 3.34. The maximum Gasteiger partial charge on any atom is 0.125 e. The van der Waals surface area contributed by atoms with Crippen molar-refractivity contribution in [1.82, 2.24) is 0 Å². The highest BCUT2D eigenvalue weighted by Gasteiger charge is 2.10. The van der Waals surface area contributed by atoms with E-state index < -0.39 is 0 Å². The van der Waals surface area contributed by atoms with E-state index in [1.165, 1.54) is 12.1 Å². The van der Waals surface area contributed by atoms with Crippen LogP contribution in [0.25, 0.3) is 0 Å². The first kappa shape index (κ1) is 13.1. The van der Waals surface area contributed by atoms with Crippen LogP contribution in [-0.4, -0.2) is 0 Å². The van der Waals surface area contributed by atoms with Crippen LogP contribution in [0.2, 0.25) is 0 Å². The van der Waals surface area contributed by atoms with Gasteiger partial charge in [-0.05, 0) is 43.2 Å². The second-order valence-corrected chi connectivity index (χ2v) is 5.20. The van der Waals surface area contributed by atoms with Crippen LogP contribution >= 0.6 is 15.9 Å². The van der Waals surface area contributed by atoms with Gasteiger partial charge in [0.15, 0.2) is 0 Å². The van der Waals surface area contributed by atoms with E-state index in [4.69, 9.17) is 0 Å². The Bertz CT molecular complexity index is 554. The summed E-state index contributed by atoms with van der Waals surface area (Å²) in [4.78, 5) is 0. The van der Waals surface area contributed by atoms with E-state index in [1.54, 1.807) is 6.07 Å². The van der Waals surface area contributed by atoms with Gasteiger partial charge in [-0.25, -0.2) is 4.39 Å². The fourth-order valence-corrected chi connectivity index (χ4v) is 2.52. The number of halogens is 2. The summed E-state index contributed by atoms with van der Waals surface area (Å²) in [6.45, 7) is 4.03. The Morgan fingerprint density at radius 3 is 2.61 bits per heavy atom. The van der Waals surface area contributed by atoms with Crippen molar-refractivity contribution in [3.05, 3.63) is 63.9 Å². The van der Waals surface area contributed by atoms with Gasteiger partial charge in [0.05, 0.1) is 0 Å². The second-order valence-electron chi connectivity index (χ2n) is 4.35. The average molecular weight is 308 g/mol. The zero-order valence-corrected chi connectivity index (χ0v) is 12.0. The van der Waals surface area contributed by atoms with Crippen LogP contribution < -0.4 is 5.32 Å². The number of hydrogen-bond acceptors (Lipinski definition) is 1. The molecule has 94 valence electrons. The van der Waals surface area contributed by atoms with Gasteiger partial charge in [-0.1, -0.05) is 40.2 Å². The molecule has 18 heavy (non-hydrogen) atoms. The van der Waals surface area contributed by atoms with Gasteiger partial charge < -0.3 is 5.32 Å². The van der Waals surface area contributed by atoms with E-state index in [0.717, 1.165) is 21.3 Å². The van der Waals surface area contributed by atoms with Crippen LogP contribution in [0, 0.1) is 12.7 Å². The molecule has 2 rings (SSSR count). The van der Waals surface area contributed by atoms with Gasteiger partial charge in [-0.15, -0.1) is 0 Å². The molecule has 0 radical (unpaired) electrons. The molecule has 0 aliphatic heterocycles. The van der Waals surface area contributed by atoms with Crippen LogP contribution in [0.5, 0.6) is 0 Å². The molecule has 0 spiro atoms. The van der Waals surface area contributed by atoms with Crippen LogP contribution in [0.1, 0.15) is 24.1 Å². The molecule has 0 saturated heterocycles. The Hall–Kier alpha value is -1.35. The third-order valence-electron chi connectivity index (χ3n) is 2.94. The lowest BCUT2D eigenvalue weighted by molar-refractivity contribution is 0.627. The summed E-state index contributed by atoms with van der Waals surface area (Å²) in [7, 11) is 0. The summed E-state index contributed by atoms with van der Waals surface area (Å²) in [6, 6.07) is 12.9. The van der Waals surface area contributed by atoms with Crippen LogP contribution in [0.15, 0.2) is 46.9 Å². The highest BCUT2D eigenvalue weighted by molar-refractivity contribution is 9.10. The topological polar surface area (TPSA) is 12.0 Å². The fourth-order valence-electron chi connectivity index (χ4n) is 1.89. The van der Waals surface area contributed by atoms with E-state index in [-0.39, 0.29) is 11.9 Å². The molecule has 0 bridgehead atoms. The molecule has 3 heteroatoms. The number of benzene rings is 2. The molecule has 0 aliphatic carbocycles. The molecule has 1 unspecified atom stereocenters. The van der Waals surface area contributed by atoms with E-state index in [9.17, 15) is 4.39 Å². The number of rotatable bonds is 3. The highest BCUT2D eigenvalue weighted by atomic mass is 79.9. The molecule has 2 aromatic carbocycles. The zero-order valence-electron chi connectivity index (χ0n) is 10.4. The van der Waals surface area contributed by atoms with E-state index >= 15 is 0 Å². The third-order valence-corrected chi connectivity index (χ3v) is 3.67. The van der Waals surface area contributed by atoms with Crippen molar-refractivity contribution >= 4 is 21.6 Å². The lowest BCUT2D eigenvalue weighted by Gasteiger charge is -2.18. The van der Waals surface area contributed by atoms with Crippen molar-refractivity contribution in [2.24, 2.45) is 0 Å². The summed E-state index contributed by atoms with van der Waals surface area (Å²) < 4.78 is 14.3. The molecule has 0 saturated carbocycles. The number of aryl methyl sites for hydroxylation is 1. The summed E-state index contributed by atoms with van der Waals surface area (Å²) in [5.74, 6) is -0.220. The summed E-state index contributed by atoms with van der Waals surface area (Å²) in [5.41, 5.74) is 3.02. The molecule has 2 aromatic rings. The molecule has 0 fully saturated rings. The SMILES string of the molecule is Cc1ccc(F)cc1NC(C)c1ccccc1Br. The zero-order chi connectivity index (χ0) is 13.1. The second kappa shape index (κ2) is 5.53. The van der Waals surface area contributed by atoms with Crippen molar-refractivity contribution in [3.63, 3.8) is 0 Å². The minimum absolute atomic E-state index is 0.112. The Labute approximate surface area is 115 Å². The molecular weight excluding hydrogens is 293 g/mol. The van der Waals surface area contributed by atoms with Crippen LogP contribution in [0.3, 0.4) is 0 Å². The standard InChI is InChI=1S/C15H15BrFN/c1-10-7-8-12(17)9-15(10)18-11(2)13-5-3-4-6-14(13)16/h3-9,11,18H,1-2H3. The molecule has 1 nitrogen and oxygen atoms in total. The highest BCUT2D eigenvalue weighted by Crippen LogP contribution is 2.27. The Morgan fingerprint density at radius 1 is 1.17 bits per heavy atom. The van der Waals surface area contributed by atoms with Gasteiger partial charge in [0.1, 0.15) is 5.82 Å². The molecule has 0 aromatic heterocycles. The first-order valence-corrected chi connectivity index (χ1v) is 6.64. The number of anilines is 1. The Morgan fingerprint density at radius 2 is 1.89 bits per heavy atom. The lowest BCUT2D eigenvalue weighted by atomic mass is 10.1. The van der Waals surface area contributed by atoms with E-state index in [0.29, 0.717) is 0 Å². The maximum atomic E-state index is 13.2. The largest absolute Gasteiger partial charge is 0.378 e. The van der Waals surface area contributed by atoms with Gasteiger partial charge in [-0.3, -0.25) is 0 Å². The number of hydrogen-bond donors (Lipinski definition) is 1. The molecular formula is C15H15BrFN. The predicted molar refractivity (Wildman–Crippen MR) is 77.3 cm³/mol. The smallest absolute Gasteiger partial charge is 0.125 e. The van der Waals surface area contributed by atoms with Gasteiger partial charge in [-0.2, -0.15) is 0 Å². The summed E-state index contributed by atoms with van der Waals surface area (Å²) >= 11 is 3.53.